The fraction of sp³-hybridized carbons (Fsp3) is 1.00. The summed E-state index contributed by atoms with van der Waals surface area (Å²) in [6.07, 6.45) is 3.28. The number of nitrogens with one attached hydrogen (secondary N) is 1. The molecule has 2 N–H and O–H groups in total. The molecule has 2 atom stereocenters. The summed E-state index contributed by atoms with van der Waals surface area (Å²) >= 11 is 0. The van der Waals surface area contributed by atoms with Crippen molar-refractivity contribution in [3.8, 4) is 0 Å². The van der Waals surface area contributed by atoms with Gasteiger partial charge in [-0.3, -0.25) is 0 Å². The van der Waals surface area contributed by atoms with E-state index < -0.39 is 0 Å². The highest BCUT2D eigenvalue weighted by atomic mass is 16.5. The van der Waals surface area contributed by atoms with Gasteiger partial charge in [0.2, 0.25) is 0 Å². The van der Waals surface area contributed by atoms with Gasteiger partial charge in [-0.15, -0.1) is 0 Å². The third-order valence-corrected chi connectivity index (χ3v) is 2.21. The van der Waals surface area contributed by atoms with Crippen LogP contribution in [0.15, 0.2) is 0 Å². The highest BCUT2D eigenvalue weighted by molar-refractivity contribution is 4.80. The summed E-state index contributed by atoms with van der Waals surface area (Å²) in [4.78, 5) is 0. The van der Waals surface area contributed by atoms with Crippen LogP contribution in [-0.4, -0.2) is 37.0 Å². The molecule has 1 aliphatic rings. The first-order valence-electron chi connectivity index (χ1n) is 4.85. The summed E-state index contributed by atoms with van der Waals surface area (Å²) in [5.74, 6) is 0. The first-order chi connectivity index (χ1) is 5.84. The van der Waals surface area contributed by atoms with Crippen LogP contribution < -0.4 is 5.32 Å². The largest absolute Gasteiger partial charge is 0.389 e. The average molecular weight is 173 g/mol. The van der Waals surface area contributed by atoms with Crippen molar-refractivity contribution >= 4 is 0 Å². The third kappa shape index (κ3) is 3.09. The quantitative estimate of drug-likeness (QED) is 0.596. The van der Waals surface area contributed by atoms with Gasteiger partial charge in [0.25, 0.3) is 0 Å². The summed E-state index contributed by atoms with van der Waals surface area (Å²) in [5.41, 5.74) is 0. The lowest BCUT2D eigenvalue weighted by atomic mass is 10.2. The van der Waals surface area contributed by atoms with Crippen molar-refractivity contribution in [1.29, 1.82) is 0 Å². The molecule has 1 saturated heterocycles. The zero-order valence-electron chi connectivity index (χ0n) is 7.75. The molecule has 0 amide bonds. The van der Waals surface area contributed by atoms with E-state index in [1.54, 1.807) is 0 Å². The molecule has 0 unspecified atom stereocenters. The topological polar surface area (TPSA) is 41.5 Å². The molecule has 1 aliphatic heterocycles. The number of unbranched alkanes of at least 4 members (excludes halogenated alkanes) is 2. The number of rotatable bonds is 5. The highest BCUT2D eigenvalue weighted by Crippen LogP contribution is 2.05. The van der Waals surface area contributed by atoms with Crippen LogP contribution in [0.5, 0.6) is 0 Å². The Kier molecular flexibility index (Phi) is 4.58. The lowest BCUT2D eigenvalue weighted by Crippen LogP contribution is -2.27. The Morgan fingerprint density at radius 2 is 2.25 bits per heavy atom. The van der Waals surface area contributed by atoms with E-state index in [2.05, 4.69) is 12.2 Å². The van der Waals surface area contributed by atoms with Gasteiger partial charge in [0.15, 0.2) is 0 Å². The van der Waals surface area contributed by atoms with E-state index in [1.165, 1.54) is 12.8 Å². The molecular formula is C9H19NO2. The number of hydrogen-bond acceptors (Lipinski definition) is 3. The Bertz CT molecular complexity index is 119. The van der Waals surface area contributed by atoms with Gasteiger partial charge in [-0.25, -0.2) is 0 Å². The maximum atomic E-state index is 9.36. The van der Waals surface area contributed by atoms with E-state index in [0.717, 1.165) is 19.6 Å². The fourth-order valence-electron chi connectivity index (χ4n) is 1.40. The minimum Gasteiger partial charge on any atom is -0.389 e. The molecule has 1 fully saturated rings. The molecule has 72 valence electrons. The molecule has 3 heteroatoms. The second kappa shape index (κ2) is 5.51. The van der Waals surface area contributed by atoms with Crippen LogP contribution in [0.2, 0.25) is 0 Å². The van der Waals surface area contributed by atoms with E-state index >= 15 is 0 Å². The molecular weight excluding hydrogens is 154 g/mol. The summed E-state index contributed by atoms with van der Waals surface area (Å²) in [7, 11) is 0. The van der Waals surface area contributed by atoms with Crippen LogP contribution in [-0.2, 0) is 4.74 Å². The van der Waals surface area contributed by atoms with Crippen molar-refractivity contribution in [2.24, 2.45) is 0 Å². The van der Waals surface area contributed by atoms with Crippen molar-refractivity contribution in [2.75, 3.05) is 19.7 Å². The first kappa shape index (κ1) is 9.96. The Balaban J connectivity index is 1.98. The molecule has 0 aromatic carbocycles. The second-order valence-corrected chi connectivity index (χ2v) is 3.34. The van der Waals surface area contributed by atoms with Crippen LogP contribution in [0.1, 0.15) is 26.2 Å². The van der Waals surface area contributed by atoms with E-state index in [9.17, 15) is 5.11 Å². The van der Waals surface area contributed by atoms with Crippen molar-refractivity contribution in [3.63, 3.8) is 0 Å². The van der Waals surface area contributed by atoms with Crippen LogP contribution in [0, 0.1) is 0 Å². The monoisotopic (exact) mass is 173 g/mol. The summed E-state index contributed by atoms with van der Waals surface area (Å²) < 4.78 is 5.50. The van der Waals surface area contributed by atoms with Crippen LogP contribution in [0.25, 0.3) is 0 Å². The van der Waals surface area contributed by atoms with Gasteiger partial charge in [-0.2, -0.15) is 0 Å². The Morgan fingerprint density at radius 1 is 1.42 bits per heavy atom. The normalized spacial score (nSPS) is 29.5. The van der Waals surface area contributed by atoms with Crippen molar-refractivity contribution in [2.45, 2.75) is 38.4 Å². The molecule has 0 bridgehead atoms. The minimum atomic E-state index is -0.299. The lowest BCUT2D eigenvalue weighted by Gasteiger charge is -2.13. The molecule has 0 aromatic rings. The van der Waals surface area contributed by atoms with Crippen molar-refractivity contribution < 1.29 is 9.84 Å². The Morgan fingerprint density at radius 3 is 2.83 bits per heavy atom. The van der Waals surface area contributed by atoms with Gasteiger partial charge in [-0.1, -0.05) is 19.8 Å². The van der Waals surface area contributed by atoms with Crippen molar-refractivity contribution in [1.82, 2.24) is 5.32 Å². The van der Waals surface area contributed by atoms with Gasteiger partial charge < -0.3 is 15.2 Å². The van der Waals surface area contributed by atoms with Crippen LogP contribution in [0.4, 0.5) is 0 Å². The zero-order valence-corrected chi connectivity index (χ0v) is 7.75. The molecule has 0 spiro atoms. The van der Waals surface area contributed by atoms with Gasteiger partial charge in [0.1, 0.15) is 0 Å². The smallest absolute Gasteiger partial charge is 0.0970 e. The number of β-amino-alcohol motifs (C(OH)–C–C–N with tert-alkyl or cyclic N) is 1. The predicted molar refractivity (Wildman–Crippen MR) is 48.1 cm³/mol. The molecule has 0 aliphatic carbocycles. The van der Waals surface area contributed by atoms with Crippen LogP contribution >= 0.6 is 0 Å². The predicted octanol–water partition coefficient (Wildman–Crippen LogP) is 0.526. The Labute approximate surface area is 74.1 Å². The van der Waals surface area contributed by atoms with Crippen LogP contribution in [0.3, 0.4) is 0 Å². The second-order valence-electron chi connectivity index (χ2n) is 3.34. The van der Waals surface area contributed by atoms with Crippen molar-refractivity contribution in [3.05, 3.63) is 0 Å². The third-order valence-electron chi connectivity index (χ3n) is 2.21. The average Bonchev–Trinajstić information content (AvgIpc) is 2.46. The fourth-order valence-corrected chi connectivity index (χ4v) is 1.40. The van der Waals surface area contributed by atoms with E-state index in [-0.39, 0.29) is 12.2 Å². The van der Waals surface area contributed by atoms with Gasteiger partial charge in [0.05, 0.1) is 12.2 Å². The number of ether oxygens (including phenoxy) is 1. The summed E-state index contributed by atoms with van der Waals surface area (Å²) in [5, 5.41) is 12.4. The molecule has 0 aromatic heterocycles. The molecule has 0 saturated carbocycles. The Hall–Kier alpha value is -0.120. The maximum absolute atomic E-state index is 9.36. The standard InChI is InChI=1S/C9H19NO2/c1-2-3-4-5-12-9-7-10-6-8(9)11/h8-11H,2-7H2,1H3/t8-,9-/m1/s1. The van der Waals surface area contributed by atoms with Gasteiger partial charge >= 0.3 is 0 Å². The zero-order chi connectivity index (χ0) is 8.81. The molecule has 0 radical (unpaired) electrons. The molecule has 1 heterocycles. The number of aliphatic hydroxyl groups is 1. The van der Waals surface area contributed by atoms with E-state index in [1.807, 2.05) is 0 Å². The molecule has 12 heavy (non-hydrogen) atoms. The maximum Gasteiger partial charge on any atom is 0.0970 e. The summed E-state index contributed by atoms with van der Waals surface area (Å²) in [6, 6.07) is 0. The lowest BCUT2D eigenvalue weighted by molar-refractivity contribution is -0.00914. The minimum absolute atomic E-state index is 0.0295. The SMILES string of the molecule is CCCCCO[C@@H]1CNC[C@H]1O. The first-order valence-corrected chi connectivity index (χ1v) is 4.85. The number of aliphatic hydroxyl groups excluding tert-OH is 1. The number of hydrogen-bond donors (Lipinski definition) is 2. The van der Waals surface area contributed by atoms with Gasteiger partial charge in [-0.05, 0) is 6.42 Å². The summed E-state index contributed by atoms with van der Waals surface area (Å²) in [6.45, 7) is 4.44. The molecule has 3 nitrogen and oxygen atoms in total. The van der Waals surface area contributed by atoms with E-state index in [4.69, 9.17) is 4.74 Å². The van der Waals surface area contributed by atoms with E-state index in [0.29, 0.717) is 6.54 Å². The highest BCUT2D eigenvalue weighted by Gasteiger charge is 2.24. The van der Waals surface area contributed by atoms with Gasteiger partial charge in [0, 0.05) is 19.7 Å². The molecule has 1 rings (SSSR count).